The number of hydrogen-bond acceptors (Lipinski definition) is 5. The summed E-state index contributed by atoms with van der Waals surface area (Å²) in [5.74, 6) is -0.155. The molecule has 24 heavy (non-hydrogen) atoms. The third kappa shape index (κ3) is 2.72. The van der Waals surface area contributed by atoms with Gasteiger partial charge in [0.2, 0.25) is 5.91 Å². The Labute approximate surface area is 146 Å². The molecule has 6 nitrogen and oxygen atoms in total. The van der Waals surface area contributed by atoms with Crippen LogP contribution >= 0.6 is 15.9 Å². The van der Waals surface area contributed by atoms with Crippen LogP contribution in [0, 0.1) is 11.3 Å². The van der Waals surface area contributed by atoms with Crippen LogP contribution in [0.2, 0.25) is 0 Å². The molecule has 3 rings (SSSR count). The summed E-state index contributed by atoms with van der Waals surface area (Å²) >= 11 is 3.30. The lowest BCUT2D eigenvalue weighted by Gasteiger charge is -2.15. The molecule has 0 saturated carbocycles. The van der Waals surface area contributed by atoms with Crippen molar-refractivity contribution in [2.45, 2.75) is 0 Å². The lowest BCUT2D eigenvalue weighted by atomic mass is 9.98. The van der Waals surface area contributed by atoms with E-state index in [1.54, 1.807) is 24.3 Å². The second-order valence-electron chi connectivity index (χ2n) is 5.07. The minimum Gasteiger partial charge on any atom is -0.503 e. The number of anilines is 1. The van der Waals surface area contributed by atoms with E-state index in [4.69, 9.17) is 10.00 Å². The van der Waals surface area contributed by atoms with Crippen molar-refractivity contribution in [2.75, 3.05) is 19.0 Å². The molecular formula is C17H12BrN3O3. The van der Waals surface area contributed by atoms with E-state index in [0.29, 0.717) is 32.6 Å². The van der Waals surface area contributed by atoms with Crippen LogP contribution in [-0.4, -0.2) is 30.4 Å². The van der Waals surface area contributed by atoms with Gasteiger partial charge in [-0.3, -0.25) is 9.79 Å². The smallest absolute Gasteiger partial charge is 0.246 e. The molecule has 2 aromatic rings. The van der Waals surface area contributed by atoms with E-state index in [1.165, 1.54) is 7.11 Å². The van der Waals surface area contributed by atoms with E-state index < -0.39 is 0 Å². The van der Waals surface area contributed by atoms with Crippen molar-refractivity contribution in [3.05, 3.63) is 51.5 Å². The molecule has 7 heteroatoms. The molecular weight excluding hydrogens is 374 g/mol. The molecule has 0 radical (unpaired) electrons. The summed E-state index contributed by atoms with van der Waals surface area (Å²) in [7, 11) is 1.44. The summed E-state index contributed by atoms with van der Waals surface area (Å²) in [4.78, 5) is 16.3. The van der Waals surface area contributed by atoms with Crippen LogP contribution < -0.4 is 10.1 Å². The number of halogens is 1. The molecule has 2 aromatic carbocycles. The molecule has 0 unspecified atom stereocenters. The Kier molecular flexibility index (Phi) is 4.23. The summed E-state index contributed by atoms with van der Waals surface area (Å²) in [6, 6.07) is 10.7. The van der Waals surface area contributed by atoms with Gasteiger partial charge in [0.1, 0.15) is 6.54 Å². The number of methoxy groups -OCH3 is 1. The van der Waals surface area contributed by atoms with E-state index in [-0.39, 0.29) is 24.0 Å². The zero-order valence-electron chi connectivity index (χ0n) is 12.6. The van der Waals surface area contributed by atoms with Gasteiger partial charge in [-0.25, -0.2) is 0 Å². The topological polar surface area (TPSA) is 94.7 Å². The predicted octanol–water partition coefficient (Wildman–Crippen LogP) is 2.82. The first-order valence-corrected chi connectivity index (χ1v) is 7.79. The highest BCUT2D eigenvalue weighted by molar-refractivity contribution is 9.10. The highest BCUT2D eigenvalue weighted by Gasteiger charge is 2.24. The average molecular weight is 386 g/mol. The summed E-state index contributed by atoms with van der Waals surface area (Å²) < 4.78 is 5.50. The van der Waals surface area contributed by atoms with Crippen LogP contribution in [0.15, 0.2) is 39.8 Å². The second-order valence-corrected chi connectivity index (χ2v) is 5.86. The fourth-order valence-corrected chi connectivity index (χ4v) is 2.99. The summed E-state index contributed by atoms with van der Waals surface area (Å²) in [6.45, 7) is -0.0592. The molecule has 0 fully saturated rings. The Balaban J connectivity index is 2.28. The Morgan fingerprint density at radius 3 is 2.92 bits per heavy atom. The number of benzene rings is 2. The average Bonchev–Trinajstić information content (AvgIpc) is 2.77. The van der Waals surface area contributed by atoms with Gasteiger partial charge in [-0.05, 0) is 34.1 Å². The van der Waals surface area contributed by atoms with E-state index in [9.17, 15) is 9.90 Å². The maximum absolute atomic E-state index is 12.0. The number of carbonyl (C=O) groups is 1. The number of aliphatic imine (C=N–C) groups is 1. The first-order chi connectivity index (χ1) is 11.5. The van der Waals surface area contributed by atoms with Gasteiger partial charge < -0.3 is 15.2 Å². The van der Waals surface area contributed by atoms with Gasteiger partial charge in [0.15, 0.2) is 11.5 Å². The normalized spacial score (nSPS) is 13.2. The number of ether oxygens (including phenoxy) is 1. The lowest BCUT2D eigenvalue weighted by molar-refractivity contribution is -0.114. The van der Waals surface area contributed by atoms with Gasteiger partial charge in [-0.2, -0.15) is 5.26 Å². The largest absolute Gasteiger partial charge is 0.503 e. The van der Waals surface area contributed by atoms with Crippen LogP contribution in [0.4, 0.5) is 5.69 Å². The molecule has 0 bridgehead atoms. The Bertz CT molecular complexity index is 916. The maximum Gasteiger partial charge on any atom is 0.246 e. The van der Waals surface area contributed by atoms with Gasteiger partial charge in [-0.15, -0.1) is 0 Å². The van der Waals surface area contributed by atoms with Crippen LogP contribution in [0.25, 0.3) is 0 Å². The molecule has 120 valence electrons. The van der Waals surface area contributed by atoms with Crippen molar-refractivity contribution in [3.63, 3.8) is 0 Å². The number of amides is 1. The van der Waals surface area contributed by atoms with Crippen LogP contribution in [0.3, 0.4) is 0 Å². The van der Waals surface area contributed by atoms with Crippen molar-refractivity contribution in [1.29, 1.82) is 5.26 Å². The summed E-state index contributed by atoms with van der Waals surface area (Å²) in [5, 5.41) is 22.0. The van der Waals surface area contributed by atoms with Crippen LogP contribution in [-0.2, 0) is 4.79 Å². The monoisotopic (exact) mass is 385 g/mol. The number of benzodiazepines with no additional fused rings is 1. The Hall–Kier alpha value is -2.85. The third-order valence-corrected chi connectivity index (χ3v) is 4.36. The van der Waals surface area contributed by atoms with Gasteiger partial charge in [-0.1, -0.05) is 12.1 Å². The minimum absolute atomic E-state index is 0.0592. The Morgan fingerprint density at radius 1 is 1.42 bits per heavy atom. The first kappa shape index (κ1) is 16.0. The highest BCUT2D eigenvalue weighted by atomic mass is 79.9. The first-order valence-electron chi connectivity index (χ1n) is 6.99. The zero-order valence-corrected chi connectivity index (χ0v) is 14.2. The summed E-state index contributed by atoms with van der Waals surface area (Å²) in [6.07, 6.45) is 0. The summed E-state index contributed by atoms with van der Waals surface area (Å²) in [5.41, 5.74) is 2.74. The molecule has 0 atom stereocenters. The van der Waals surface area contributed by atoms with Crippen molar-refractivity contribution < 1.29 is 14.6 Å². The van der Waals surface area contributed by atoms with Crippen molar-refractivity contribution in [1.82, 2.24) is 0 Å². The molecule has 1 aliphatic heterocycles. The number of fused-ring (bicyclic) bond motifs is 1. The molecule has 1 aliphatic rings. The number of nitrogens with one attached hydrogen (secondary N) is 1. The van der Waals surface area contributed by atoms with Gasteiger partial charge in [0, 0.05) is 11.1 Å². The van der Waals surface area contributed by atoms with Crippen molar-refractivity contribution >= 4 is 33.2 Å². The van der Waals surface area contributed by atoms with Crippen molar-refractivity contribution in [3.8, 4) is 17.6 Å². The number of nitrogens with zero attached hydrogens (tertiary/aromatic N) is 2. The molecule has 0 aliphatic carbocycles. The number of carbonyl (C=O) groups excluding carboxylic acids is 1. The maximum atomic E-state index is 12.0. The predicted molar refractivity (Wildman–Crippen MR) is 92.7 cm³/mol. The fourth-order valence-electron chi connectivity index (χ4n) is 2.48. The Morgan fingerprint density at radius 2 is 2.21 bits per heavy atom. The number of phenolic OH excluding ortho intramolecular Hbond substituents is 1. The second kappa shape index (κ2) is 6.34. The molecule has 1 amide bonds. The van der Waals surface area contributed by atoms with E-state index in [2.05, 4.69) is 32.3 Å². The zero-order chi connectivity index (χ0) is 17.3. The van der Waals surface area contributed by atoms with Crippen LogP contribution in [0.1, 0.15) is 16.7 Å². The molecule has 0 saturated heterocycles. The molecule has 0 spiro atoms. The van der Waals surface area contributed by atoms with E-state index >= 15 is 0 Å². The fraction of sp³-hybridized carbons (Fsp3) is 0.118. The number of rotatable bonds is 2. The lowest BCUT2D eigenvalue weighted by Crippen LogP contribution is -2.14. The van der Waals surface area contributed by atoms with Gasteiger partial charge >= 0.3 is 0 Å². The standard InChI is InChI=1S/C17H12BrN3O3/c1-24-12-6-11-15(10-4-2-3-9(5-10)7-19)20-8-13(22)21-16(11)14(18)17(12)23/h2-6,23H,8H2,1H3,(H,21,22). The molecule has 0 aromatic heterocycles. The molecule has 1 heterocycles. The highest BCUT2D eigenvalue weighted by Crippen LogP contribution is 2.43. The van der Waals surface area contributed by atoms with Crippen LogP contribution in [0.5, 0.6) is 11.5 Å². The van der Waals surface area contributed by atoms with E-state index in [1.807, 2.05) is 6.07 Å². The van der Waals surface area contributed by atoms with Gasteiger partial charge in [0.05, 0.1) is 34.6 Å². The van der Waals surface area contributed by atoms with Gasteiger partial charge in [0.25, 0.3) is 0 Å². The number of hydrogen-bond donors (Lipinski definition) is 2. The third-order valence-electron chi connectivity index (χ3n) is 3.59. The minimum atomic E-state index is -0.298. The van der Waals surface area contributed by atoms with Crippen molar-refractivity contribution in [2.24, 2.45) is 4.99 Å². The quantitative estimate of drug-likeness (QED) is 0.830. The number of aromatic hydroxyl groups is 1. The number of nitriles is 1. The van der Waals surface area contributed by atoms with E-state index in [0.717, 1.165) is 0 Å². The SMILES string of the molecule is COc1cc2c(c(Br)c1O)NC(=O)CN=C2c1cccc(C#N)c1. The molecule has 2 N–H and O–H groups in total. The number of phenols is 1.